The van der Waals surface area contributed by atoms with Crippen LogP contribution in [0.1, 0.15) is 28.2 Å². The number of aryl methyl sites for hydroxylation is 1. The van der Waals surface area contributed by atoms with Crippen molar-refractivity contribution in [3.63, 3.8) is 0 Å². The Morgan fingerprint density at radius 1 is 1.18 bits per heavy atom. The van der Waals surface area contributed by atoms with E-state index < -0.39 is 0 Å². The molecule has 0 aliphatic carbocycles. The van der Waals surface area contributed by atoms with Crippen LogP contribution in [0.15, 0.2) is 48.9 Å². The molecule has 4 rings (SSSR count). The third-order valence-electron chi connectivity index (χ3n) is 4.63. The van der Waals surface area contributed by atoms with E-state index in [0.29, 0.717) is 22.1 Å². The van der Waals surface area contributed by atoms with E-state index in [0.717, 1.165) is 36.6 Å². The number of hydrogen-bond donors (Lipinski definition) is 1. The van der Waals surface area contributed by atoms with Crippen molar-refractivity contribution < 1.29 is 9.59 Å². The van der Waals surface area contributed by atoms with Crippen LogP contribution >= 0.6 is 22.9 Å². The van der Waals surface area contributed by atoms with Crippen LogP contribution in [0.4, 0.5) is 10.5 Å². The highest BCUT2D eigenvalue weighted by atomic mass is 35.5. The molecule has 28 heavy (non-hydrogen) atoms. The highest BCUT2D eigenvalue weighted by Gasteiger charge is 2.19. The van der Waals surface area contributed by atoms with Crippen LogP contribution in [0.5, 0.6) is 0 Å². The number of rotatable bonds is 6. The number of ketones is 1. The molecule has 1 N–H and O–H groups in total. The van der Waals surface area contributed by atoms with Gasteiger partial charge in [-0.25, -0.2) is 9.78 Å². The fourth-order valence-electron chi connectivity index (χ4n) is 3.14. The predicted molar refractivity (Wildman–Crippen MR) is 111 cm³/mol. The Hall–Kier alpha value is -2.64. The summed E-state index contributed by atoms with van der Waals surface area (Å²) in [4.78, 5) is 31.0. The second-order valence-corrected chi connectivity index (χ2v) is 8.27. The zero-order valence-corrected chi connectivity index (χ0v) is 16.7. The standard InChI is InChI=1S/C20H19ClN4O2S/c21-19-9-8-18(28-19)17(26)7-2-14-12-24(13-23-14)15-3-5-16(6-4-15)25-11-1-10-22-20(25)27/h3-6,8-9,12-13H,1-2,7,10-11H2,(H,22,27). The van der Waals surface area contributed by atoms with Crippen molar-refractivity contribution in [2.24, 2.45) is 0 Å². The first-order valence-electron chi connectivity index (χ1n) is 9.07. The molecule has 1 aromatic carbocycles. The molecule has 3 heterocycles. The molecule has 0 unspecified atom stereocenters. The van der Waals surface area contributed by atoms with Crippen molar-refractivity contribution in [2.75, 3.05) is 18.0 Å². The number of aromatic nitrogens is 2. The molecule has 8 heteroatoms. The summed E-state index contributed by atoms with van der Waals surface area (Å²) in [6.45, 7) is 1.46. The van der Waals surface area contributed by atoms with E-state index in [4.69, 9.17) is 11.6 Å². The van der Waals surface area contributed by atoms with Gasteiger partial charge < -0.3 is 9.88 Å². The summed E-state index contributed by atoms with van der Waals surface area (Å²) in [6, 6.07) is 11.2. The van der Waals surface area contributed by atoms with Crippen molar-refractivity contribution in [1.29, 1.82) is 0 Å². The number of carbonyl (C=O) groups excluding carboxylic acids is 2. The number of nitrogens with zero attached hydrogens (tertiary/aromatic N) is 3. The van der Waals surface area contributed by atoms with Gasteiger partial charge in [0.25, 0.3) is 0 Å². The lowest BCUT2D eigenvalue weighted by Gasteiger charge is -2.27. The van der Waals surface area contributed by atoms with Gasteiger partial charge in [-0.05, 0) is 49.2 Å². The highest BCUT2D eigenvalue weighted by molar-refractivity contribution is 7.18. The van der Waals surface area contributed by atoms with E-state index in [1.165, 1.54) is 11.3 Å². The number of Topliss-reactive ketones (excluding diaryl/α,β-unsaturated/α-hetero) is 1. The molecule has 1 saturated heterocycles. The Kier molecular flexibility index (Phi) is 5.45. The van der Waals surface area contributed by atoms with Crippen molar-refractivity contribution >= 4 is 40.4 Å². The molecule has 0 bridgehead atoms. The van der Waals surface area contributed by atoms with E-state index in [1.807, 2.05) is 35.0 Å². The van der Waals surface area contributed by atoms with Crippen LogP contribution in [-0.4, -0.2) is 34.5 Å². The normalized spacial score (nSPS) is 14.2. The molecule has 1 fully saturated rings. The number of amides is 2. The third-order valence-corrected chi connectivity index (χ3v) is 5.90. The summed E-state index contributed by atoms with van der Waals surface area (Å²) in [5.41, 5.74) is 2.69. The number of halogens is 1. The molecule has 6 nitrogen and oxygen atoms in total. The molecule has 1 aliphatic rings. The monoisotopic (exact) mass is 414 g/mol. The van der Waals surface area contributed by atoms with Crippen molar-refractivity contribution in [1.82, 2.24) is 14.9 Å². The maximum atomic E-state index is 12.2. The number of imidazole rings is 1. The lowest BCUT2D eigenvalue weighted by atomic mass is 10.1. The number of carbonyl (C=O) groups is 2. The number of urea groups is 1. The van der Waals surface area contributed by atoms with Gasteiger partial charge in [-0.1, -0.05) is 11.6 Å². The zero-order chi connectivity index (χ0) is 19.5. The Labute approximate surface area is 171 Å². The number of hydrogen-bond acceptors (Lipinski definition) is 4. The van der Waals surface area contributed by atoms with Gasteiger partial charge in [0.05, 0.1) is 21.2 Å². The third kappa shape index (κ3) is 4.10. The molecule has 2 amide bonds. The molecule has 2 aromatic heterocycles. The summed E-state index contributed by atoms with van der Waals surface area (Å²) in [5.74, 6) is 0.0793. The molecule has 0 spiro atoms. The number of benzene rings is 1. The second kappa shape index (κ2) is 8.16. The van der Waals surface area contributed by atoms with Gasteiger partial charge in [0.15, 0.2) is 5.78 Å². The lowest BCUT2D eigenvalue weighted by Crippen LogP contribution is -2.46. The van der Waals surface area contributed by atoms with E-state index in [9.17, 15) is 9.59 Å². The average molecular weight is 415 g/mol. The summed E-state index contributed by atoms with van der Waals surface area (Å²) in [5, 5.41) is 2.85. The molecular weight excluding hydrogens is 396 g/mol. The molecular formula is C20H19ClN4O2S. The fourth-order valence-corrected chi connectivity index (χ4v) is 4.15. The van der Waals surface area contributed by atoms with Crippen LogP contribution in [0.25, 0.3) is 5.69 Å². The lowest BCUT2D eigenvalue weighted by molar-refractivity contribution is 0.0986. The van der Waals surface area contributed by atoms with E-state index in [2.05, 4.69) is 10.3 Å². The quantitative estimate of drug-likeness (QED) is 0.610. The average Bonchev–Trinajstić information content (AvgIpc) is 3.36. The summed E-state index contributed by atoms with van der Waals surface area (Å²) in [6.07, 6.45) is 5.58. The molecule has 0 saturated carbocycles. The van der Waals surface area contributed by atoms with Gasteiger partial charge >= 0.3 is 6.03 Å². The van der Waals surface area contributed by atoms with Crippen molar-refractivity contribution in [3.8, 4) is 5.69 Å². The highest BCUT2D eigenvalue weighted by Crippen LogP contribution is 2.23. The minimum Gasteiger partial charge on any atom is -0.338 e. The van der Waals surface area contributed by atoms with E-state index >= 15 is 0 Å². The molecule has 0 atom stereocenters. The maximum Gasteiger partial charge on any atom is 0.321 e. The molecule has 0 radical (unpaired) electrons. The zero-order valence-electron chi connectivity index (χ0n) is 15.1. The smallest absolute Gasteiger partial charge is 0.321 e. The number of anilines is 1. The molecule has 1 aliphatic heterocycles. The predicted octanol–water partition coefficient (Wildman–Crippen LogP) is 4.32. The van der Waals surface area contributed by atoms with Crippen LogP contribution < -0.4 is 10.2 Å². The second-order valence-electron chi connectivity index (χ2n) is 6.55. The number of nitrogens with one attached hydrogen (secondary N) is 1. The van der Waals surface area contributed by atoms with Crippen LogP contribution in [0.2, 0.25) is 4.34 Å². The van der Waals surface area contributed by atoms with E-state index in [1.54, 1.807) is 23.4 Å². The van der Waals surface area contributed by atoms with Gasteiger partial charge in [-0.3, -0.25) is 9.69 Å². The van der Waals surface area contributed by atoms with Crippen molar-refractivity contribution in [3.05, 3.63) is 63.8 Å². The van der Waals surface area contributed by atoms with Crippen LogP contribution in [0, 0.1) is 0 Å². The van der Waals surface area contributed by atoms with Gasteiger partial charge in [-0.15, -0.1) is 11.3 Å². The van der Waals surface area contributed by atoms with Gasteiger partial charge in [-0.2, -0.15) is 0 Å². The number of thiophene rings is 1. The topological polar surface area (TPSA) is 67.2 Å². The largest absolute Gasteiger partial charge is 0.338 e. The minimum atomic E-state index is -0.0550. The summed E-state index contributed by atoms with van der Waals surface area (Å²) < 4.78 is 2.54. The maximum absolute atomic E-state index is 12.2. The first-order valence-corrected chi connectivity index (χ1v) is 10.3. The summed E-state index contributed by atoms with van der Waals surface area (Å²) >= 11 is 7.19. The van der Waals surface area contributed by atoms with Gasteiger partial charge in [0, 0.05) is 37.1 Å². The summed E-state index contributed by atoms with van der Waals surface area (Å²) in [7, 11) is 0. The fraction of sp³-hybridized carbons (Fsp3) is 0.250. The minimum absolute atomic E-state index is 0.0550. The van der Waals surface area contributed by atoms with Gasteiger partial charge in [0.1, 0.15) is 0 Å². The Morgan fingerprint density at radius 2 is 1.96 bits per heavy atom. The van der Waals surface area contributed by atoms with Crippen LogP contribution in [-0.2, 0) is 6.42 Å². The first-order chi connectivity index (χ1) is 13.6. The SMILES string of the molecule is O=C(CCc1cn(-c2ccc(N3CCCNC3=O)cc2)cn1)c1ccc(Cl)s1. The van der Waals surface area contributed by atoms with Crippen LogP contribution in [0.3, 0.4) is 0 Å². The Balaban J connectivity index is 1.39. The Bertz CT molecular complexity index is 996. The first kappa shape index (κ1) is 18.7. The van der Waals surface area contributed by atoms with Gasteiger partial charge in [0.2, 0.25) is 0 Å². The van der Waals surface area contributed by atoms with Crippen molar-refractivity contribution in [2.45, 2.75) is 19.3 Å². The van der Waals surface area contributed by atoms with E-state index in [-0.39, 0.29) is 11.8 Å². The Morgan fingerprint density at radius 3 is 2.68 bits per heavy atom. The molecule has 144 valence electrons. The molecule has 3 aromatic rings.